The number of allylic oxidation sites excluding steroid dienone is 2. The highest BCUT2D eigenvalue weighted by molar-refractivity contribution is 7.93. The molecule has 1 N–H and O–H groups in total. The summed E-state index contributed by atoms with van der Waals surface area (Å²) in [7, 11) is 0. The SMILES string of the molecule is FSn1c(C2=CCCCC2)cc2cnc(NC3CCOCC3)cc21. The normalized spacial score (nSPS) is 19.5. The third-order valence-corrected chi connectivity index (χ3v) is 5.44. The zero-order valence-corrected chi connectivity index (χ0v) is 14.4. The summed E-state index contributed by atoms with van der Waals surface area (Å²) in [6.45, 7) is 1.57. The van der Waals surface area contributed by atoms with E-state index in [2.05, 4.69) is 22.4 Å². The van der Waals surface area contributed by atoms with E-state index in [1.807, 2.05) is 12.3 Å². The second kappa shape index (κ2) is 7.15. The van der Waals surface area contributed by atoms with E-state index in [9.17, 15) is 3.89 Å². The van der Waals surface area contributed by atoms with Crippen molar-refractivity contribution < 1.29 is 8.62 Å². The van der Waals surface area contributed by atoms with Crippen LogP contribution in [-0.4, -0.2) is 28.2 Å². The Balaban J connectivity index is 1.66. The molecule has 2 aromatic rings. The van der Waals surface area contributed by atoms with Gasteiger partial charge in [-0.1, -0.05) is 6.08 Å². The molecule has 1 aliphatic heterocycles. The van der Waals surface area contributed by atoms with E-state index in [1.54, 1.807) is 3.97 Å². The van der Waals surface area contributed by atoms with Crippen molar-refractivity contribution in [1.82, 2.24) is 8.96 Å². The maximum absolute atomic E-state index is 13.7. The van der Waals surface area contributed by atoms with Gasteiger partial charge in [0, 0.05) is 36.9 Å². The van der Waals surface area contributed by atoms with E-state index in [-0.39, 0.29) is 12.3 Å². The summed E-state index contributed by atoms with van der Waals surface area (Å²) in [6, 6.07) is 4.40. The van der Waals surface area contributed by atoms with Crippen LogP contribution in [0.3, 0.4) is 0 Å². The number of pyridine rings is 1. The number of nitrogens with zero attached hydrogens (tertiary/aromatic N) is 2. The Kier molecular flexibility index (Phi) is 4.76. The highest BCUT2D eigenvalue weighted by Crippen LogP contribution is 2.35. The lowest BCUT2D eigenvalue weighted by Gasteiger charge is -2.23. The van der Waals surface area contributed by atoms with E-state index in [1.165, 1.54) is 18.4 Å². The summed E-state index contributed by atoms with van der Waals surface area (Å²) >= 11 is 0.280. The van der Waals surface area contributed by atoms with Crippen LogP contribution in [0, 0.1) is 0 Å². The number of hydrogen-bond donors (Lipinski definition) is 1. The average Bonchev–Trinajstić information content (AvgIpc) is 3.01. The molecular formula is C18H22FN3OS. The van der Waals surface area contributed by atoms with Crippen LogP contribution < -0.4 is 5.32 Å². The Morgan fingerprint density at radius 1 is 1.25 bits per heavy atom. The molecule has 4 nitrogen and oxygen atoms in total. The summed E-state index contributed by atoms with van der Waals surface area (Å²) in [5.41, 5.74) is 3.11. The van der Waals surface area contributed by atoms with Gasteiger partial charge in [-0.25, -0.2) is 4.98 Å². The molecule has 0 atom stereocenters. The van der Waals surface area contributed by atoms with Gasteiger partial charge in [0.25, 0.3) is 0 Å². The molecule has 1 fully saturated rings. The first kappa shape index (κ1) is 16.0. The molecule has 0 unspecified atom stereocenters. The van der Waals surface area contributed by atoms with Crippen LogP contribution in [0.15, 0.2) is 24.4 Å². The Morgan fingerprint density at radius 2 is 2.12 bits per heavy atom. The molecule has 2 aliphatic rings. The molecule has 0 spiro atoms. The number of anilines is 1. The fraction of sp³-hybridized carbons (Fsp3) is 0.500. The van der Waals surface area contributed by atoms with Crippen molar-refractivity contribution >= 4 is 34.6 Å². The molecule has 6 heteroatoms. The minimum atomic E-state index is 0.280. The molecule has 128 valence electrons. The van der Waals surface area contributed by atoms with Crippen molar-refractivity contribution in [3.63, 3.8) is 0 Å². The monoisotopic (exact) mass is 347 g/mol. The van der Waals surface area contributed by atoms with Crippen molar-refractivity contribution in [2.45, 2.75) is 44.6 Å². The Morgan fingerprint density at radius 3 is 2.88 bits per heavy atom. The highest BCUT2D eigenvalue weighted by atomic mass is 32.2. The summed E-state index contributed by atoms with van der Waals surface area (Å²) in [5.74, 6) is 0.812. The van der Waals surface area contributed by atoms with Gasteiger partial charge < -0.3 is 10.1 Å². The van der Waals surface area contributed by atoms with Crippen LogP contribution in [0.4, 0.5) is 9.70 Å². The maximum Gasteiger partial charge on any atom is 0.170 e. The fourth-order valence-corrected chi connectivity index (χ4v) is 4.05. The highest BCUT2D eigenvalue weighted by Gasteiger charge is 2.18. The third-order valence-electron chi connectivity index (χ3n) is 4.90. The van der Waals surface area contributed by atoms with Crippen LogP contribution in [0.2, 0.25) is 0 Å². The van der Waals surface area contributed by atoms with Gasteiger partial charge in [0.05, 0.1) is 11.2 Å². The lowest BCUT2D eigenvalue weighted by Crippen LogP contribution is -2.28. The van der Waals surface area contributed by atoms with E-state index in [0.717, 1.165) is 61.3 Å². The molecule has 0 bridgehead atoms. The number of hydrogen-bond acceptors (Lipinski definition) is 4. The summed E-state index contributed by atoms with van der Waals surface area (Å²) in [4.78, 5) is 4.52. The molecule has 3 heterocycles. The minimum absolute atomic E-state index is 0.280. The van der Waals surface area contributed by atoms with Crippen molar-refractivity contribution in [1.29, 1.82) is 0 Å². The smallest absolute Gasteiger partial charge is 0.170 e. The van der Waals surface area contributed by atoms with E-state index < -0.39 is 0 Å². The lowest BCUT2D eigenvalue weighted by atomic mass is 9.97. The predicted molar refractivity (Wildman–Crippen MR) is 97.7 cm³/mol. The van der Waals surface area contributed by atoms with E-state index in [0.29, 0.717) is 6.04 Å². The quantitative estimate of drug-likeness (QED) is 0.848. The largest absolute Gasteiger partial charge is 0.381 e. The van der Waals surface area contributed by atoms with E-state index >= 15 is 0 Å². The van der Waals surface area contributed by atoms with Gasteiger partial charge in [-0.15, -0.1) is 3.89 Å². The minimum Gasteiger partial charge on any atom is -0.381 e. The number of ether oxygens (including phenoxy) is 1. The summed E-state index contributed by atoms with van der Waals surface area (Å²) in [5, 5.41) is 4.45. The molecule has 0 amide bonds. The molecular weight excluding hydrogens is 325 g/mol. The zero-order chi connectivity index (χ0) is 16.4. The molecule has 24 heavy (non-hydrogen) atoms. The van der Waals surface area contributed by atoms with Gasteiger partial charge in [-0.2, -0.15) is 0 Å². The fourth-order valence-electron chi connectivity index (χ4n) is 3.58. The molecule has 1 saturated heterocycles. The van der Waals surface area contributed by atoms with Crippen LogP contribution >= 0.6 is 12.3 Å². The molecule has 4 rings (SSSR count). The second-order valence-corrected chi connectivity index (χ2v) is 7.03. The van der Waals surface area contributed by atoms with Gasteiger partial charge in [-0.3, -0.25) is 3.97 Å². The predicted octanol–water partition coefficient (Wildman–Crippen LogP) is 4.97. The number of rotatable bonds is 4. The molecule has 0 saturated carbocycles. The van der Waals surface area contributed by atoms with Crippen molar-refractivity contribution in [3.05, 3.63) is 30.1 Å². The first-order valence-corrected chi connectivity index (χ1v) is 9.37. The Labute approximate surface area is 145 Å². The van der Waals surface area contributed by atoms with E-state index in [4.69, 9.17) is 4.74 Å². The first-order chi connectivity index (χ1) is 11.8. The molecule has 0 aromatic carbocycles. The number of halogens is 1. The number of nitrogens with one attached hydrogen (secondary N) is 1. The Bertz CT molecular complexity index is 752. The van der Waals surface area contributed by atoms with Crippen LogP contribution in [-0.2, 0) is 4.74 Å². The van der Waals surface area contributed by atoms with Crippen LogP contribution in [0.5, 0.6) is 0 Å². The van der Waals surface area contributed by atoms with Crippen LogP contribution in [0.1, 0.15) is 44.2 Å². The Hall–Kier alpha value is -1.53. The van der Waals surface area contributed by atoms with Crippen molar-refractivity contribution in [3.8, 4) is 0 Å². The third kappa shape index (κ3) is 3.17. The van der Waals surface area contributed by atoms with Crippen LogP contribution in [0.25, 0.3) is 16.5 Å². The number of aromatic nitrogens is 2. The maximum atomic E-state index is 13.7. The first-order valence-electron chi connectivity index (χ1n) is 8.69. The molecule has 0 radical (unpaired) electrons. The van der Waals surface area contributed by atoms with Gasteiger partial charge in [0.2, 0.25) is 0 Å². The molecule has 2 aromatic heterocycles. The summed E-state index contributed by atoms with van der Waals surface area (Å²) in [6.07, 6.45) is 10.6. The molecule has 1 aliphatic carbocycles. The average molecular weight is 347 g/mol. The van der Waals surface area contributed by atoms with Gasteiger partial charge in [0.1, 0.15) is 5.82 Å². The zero-order valence-electron chi connectivity index (χ0n) is 13.6. The lowest BCUT2D eigenvalue weighted by molar-refractivity contribution is 0.0904. The summed E-state index contributed by atoms with van der Waals surface area (Å²) < 4.78 is 20.8. The number of fused-ring (bicyclic) bond motifs is 1. The second-order valence-electron chi connectivity index (χ2n) is 6.53. The standard InChI is InChI=1S/C18H22FN3OS/c19-24-22-16(13-4-2-1-3-5-13)10-14-12-20-18(11-17(14)22)21-15-6-8-23-9-7-15/h4,10-12,15H,1-3,5-9H2,(H,20,21). The van der Waals surface area contributed by atoms with Gasteiger partial charge in [-0.05, 0) is 50.2 Å². The van der Waals surface area contributed by atoms with Crippen molar-refractivity contribution in [2.24, 2.45) is 0 Å². The van der Waals surface area contributed by atoms with Crippen molar-refractivity contribution in [2.75, 3.05) is 18.5 Å². The topological polar surface area (TPSA) is 39.1 Å². The van der Waals surface area contributed by atoms with Gasteiger partial charge >= 0.3 is 0 Å². The van der Waals surface area contributed by atoms with Gasteiger partial charge in [0.15, 0.2) is 12.3 Å².